The molecule has 7 nitrogen and oxygen atoms in total. The van der Waals surface area contributed by atoms with Gasteiger partial charge in [0.15, 0.2) is 0 Å². The third-order valence-electron chi connectivity index (χ3n) is 5.33. The summed E-state index contributed by atoms with van der Waals surface area (Å²) in [7, 11) is 0. The Morgan fingerprint density at radius 2 is 1.42 bits per heavy atom. The fraction of sp³-hybridized carbons (Fsp3) is 0.304. The SMILES string of the molecule is CCC(C)NC(=O)c1nn(-c2ccc(C(F)(F)F)cc2)c(=O)n(Cc2ccc(C(F)(F)F)cc2)c1=O. The van der Waals surface area contributed by atoms with Crippen LogP contribution in [-0.4, -0.2) is 26.3 Å². The van der Waals surface area contributed by atoms with Crippen molar-refractivity contribution >= 4 is 5.91 Å². The van der Waals surface area contributed by atoms with Gasteiger partial charge in [-0.15, -0.1) is 0 Å². The Balaban J connectivity index is 2.14. The zero-order chi connectivity index (χ0) is 26.8. The first-order chi connectivity index (χ1) is 16.7. The maximum absolute atomic E-state index is 13.1. The third kappa shape index (κ3) is 5.83. The van der Waals surface area contributed by atoms with E-state index in [1.54, 1.807) is 13.8 Å². The predicted molar refractivity (Wildman–Crippen MR) is 117 cm³/mol. The number of carbonyl (C=O) groups is 1. The Labute approximate surface area is 200 Å². The molecule has 0 aliphatic carbocycles. The van der Waals surface area contributed by atoms with E-state index in [0.29, 0.717) is 27.8 Å². The molecular weight excluding hydrogens is 494 g/mol. The van der Waals surface area contributed by atoms with Gasteiger partial charge in [0.2, 0.25) is 5.69 Å². The largest absolute Gasteiger partial charge is 0.416 e. The van der Waals surface area contributed by atoms with Crippen molar-refractivity contribution in [1.29, 1.82) is 0 Å². The monoisotopic (exact) mass is 514 g/mol. The molecule has 1 unspecified atom stereocenters. The fourth-order valence-electron chi connectivity index (χ4n) is 3.13. The Bertz CT molecular complexity index is 1360. The maximum atomic E-state index is 13.1. The van der Waals surface area contributed by atoms with Crippen LogP contribution in [0.15, 0.2) is 58.1 Å². The van der Waals surface area contributed by atoms with Crippen LogP contribution in [-0.2, 0) is 18.9 Å². The van der Waals surface area contributed by atoms with Crippen LogP contribution in [0, 0.1) is 0 Å². The summed E-state index contributed by atoms with van der Waals surface area (Å²) in [6.45, 7) is 2.91. The summed E-state index contributed by atoms with van der Waals surface area (Å²) in [6.07, 6.45) is -8.73. The average molecular weight is 514 g/mol. The minimum Gasteiger partial charge on any atom is -0.348 e. The molecule has 0 saturated heterocycles. The second-order valence-corrected chi connectivity index (χ2v) is 7.96. The lowest BCUT2D eigenvalue weighted by Gasteiger charge is -2.15. The maximum Gasteiger partial charge on any atom is 0.416 e. The Morgan fingerprint density at radius 3 is 1.89 bits per heavy atom. The lowest BCUT2D eigenvalue weighted by molar-refractivity contribution is -0.138. The van der Waals surface area contributed by atoms with Crippen LogP contribution in [0.5, 0.6) is 0 Å². The van der Waals surface area contributed by atoms with E-state index in [0.717, 1.165) is 36.4 Å². The zero-order valence-electron chi connectivity index (χ0n) is 18.9. The van der Waals surface area contributed by atoms with E-state index in [1.807, 2.05) is 0 Å². The molecule has 1 heterocycles. The van der Waals surface area contributed by atoms with Gasteiger partial charge in [0.25, 0.3) is 11.5 Å². The van der Waals surface area contributed by atoms with Crippen molar-refractivity contribution in [2.24, 2.45) is 0 Å². The molecule has 1 amide bonds. The van der Waals surface area contributed by atoms with Crippen molar-refractivity contribution in [3.63, 3.8) is 0 Å². The van der Waals surface area contributed by atoms with E-state index >= 15 is 0 Å². The van der Waals surface area contributed by atoms with Gasteiger partial charge >= 0.3 is 18.0 Å². The van der Waals surface area contributed by atoms with Crippen molar-refractivity contribution in [3.05, 3.63) is 91.8 Å². The molecular formula is C23H20F6N4O3. The molecule has 3 rings (SSSR count). The molecule has 1 atom stereocenters. The lowest BCUT2D eigenvalue weighted by atomic mass is 10.1. The number of carbonyl (C=O) groups excluding carboxylic acids is 1. The third-order valence-corrected chi connectivity index (χ3v) is 5.33. The van der Waals surface area contributed by atoms with E-state index in [1.165, 1.54) is 0 Å². The minimum absolute atomic E-state index is 0.139. The highest BCUT2D eigenvalue weighted by Gasteiger charge is 2.31. The second-order valence-electron chi connectivity index (χ2n) is 7.96. The summed E-state index contributed by atoms with van der Waals surface area (Å²) in [5.41, 5.74) is -4.87. The summed E-state index contributed by atoms with van der Waals surface area (Å²) in [6, 6.07) is 6.60. The number of hydrogen-bond acceptors (Lipinski definition) is 4. The number of rotatable bonds is 6. The van der Waals surface area contributed by atoms with Crippen LogP contribution in [0.3, 0.4) is 0 Å². The van der Waals surface area contributed by atoms with E-state index in [2.05, 4.69) is 10.4 Å². The van der Waals surface area contributed by atoms with E-state index in [-0.39, 0.29) is 17.3 Å². The summed E-state index contributed by atoms with van der Waals surface area (Å²) in [4.78, 5) is 38.8. The molecule has 0 aliphatic heterocycles. The van der Waals surface area contributed by atoms with Gasteiger partial charge in [0.1, 0.15) is 0 Å². The van der Waals surface area contributed by atoms with Gasteiger partial charge in [0.05, 0.1) is 23.4 Å². The molecule has 0 bridgehead atoms. The van der Waals surface area contributed by atoms with Gasteiger partial charge in [-0.3, -0.25) is 14.2 Å². The molecule has 1 aromatic heterocycles. The molecule has 1 N–H and O–H groups in total. The van der Waals surface area contributed by atoms with E-state index in [9.17, 15) is 40.7 Å². The van der Waals surface area contributed by atoms with Gasteiger partial charge in [0, 0.05) is 6.04 Å². The van der Waals surface area contributed by atoms with Crippen LogP contribution >= 0.6 is 0 Å². The van der Waals surface area contributed by atoms with Gasteiger partial charge in [-0.05, 0) is 55.3 Å². The van der Waals surface area contributed by atoms with Gasteiger partial charge in [-0.25, -0.2) is 4.79 Å². The molecule has 192 valence electrons. The molecule has 0 fully saturated rings. The average Bonchev–Trinajstić information content (AvgIpc) is 2.81. The van der Waals surface area contributed by atoms with Crippen LogP contribution in [0.1, 0.15) is 47.4 Å². The Morgan fingerprint density at radius 1 is 0.917 bits per heavy atom. The normalized spacial score (nSPS) is 12.9. The number of benzene rings is 2. The molecule has 0 radical (unpaired) electrons. The van der Waals surface area contributed by atoms with Crippen LogP contribution in [0.2, 0.25) is 0 Å². The van der Waals surface area contributed by atoms with Gasteiger partial charge in [-0.1, -0.05) is 19.1 Å². The first kappa shape index (κ1) is 26.7. The number of alkyl halides is 6. The Hall–Kier alpha value is -3.90. The summed E-state index contributed by atoms with van der Waals surface area (Å²) < 4.78 is 78.6. The van der Waals surface area contributed by atoms with Crippen LogP contribution in [0.4, 0.5) is 26.3 Å². The van der Waals surface area contributed by atoms with Crippen molar-refractivity contribution in [2.45, 2.75) is 45.2 Å². The van der Waals surface area contributed by atoms with Gasteiger partial charge < -0.3 is 5.32 Å². The number of halogens is 6. The fourth-order valence-corrected chi connectivity index (χ4v) is 3.13. The van der Waals surface area contributed by atoms with Crippen LogP contribution in [0.25, 0.3) is 5.69 Å². The first-order valence-corrected chi connectivity index (χ1v) is 10.6. The number of hydrogen-bond donors (Lipinski definition) is 1. The molecule has 2 aromatic carbocycles. The number of nitrogens with zero attached hydrogens (tertiary/aromatic N) is 3. The lowest BCUT2D eigenvalue weighted by Crippen LogP contribution is -2.47. The summed E-state index contributed by atoms with van der Waals surface area (Å²) in [5.74, 6) is -0.920. The molecule has 3 aromatic rings. The molecule has 0 aliphatic rings. The molecule has 36 heavy (non-hydrogen) atoms. The van der Waals surface area contributed by atoms with Crippen LogP contribution < -0.4 is 16.6 Å². The number of amides is 1. The Kier molecular flexibility index (Phi) is 7.41. The highest BCUT2D eigenvalue weighted by Crippen LogP contribution is 2.30. The van der Waals surface area contributed by atoms with Crippen molar-refractivity contribution in [3.8, 4) is 5.69 Å². The number of nitrogens with one attached hydrogen (secondary N) is 1. The van der Waals surface area contributed by atoms with Gasteiger partial charge in [-0.2, -0.15) is 36.1 Å². The summed E-state index contributed by atoms with van der Waals surface area (Å²) in [5, 5.41) is 6.32. The highest BCUT2D eigenvalue weighted by atomic mass is 19.4. The van der Waals surface area contributed by atoms with E-state index < -0.39 is 52.9 Å². The molecule has 13 heteroatoms. The quantitative estimate of drug-likeness (QED) is 0.504. The summed E-state index contributed by atoms with van der Waals surface area (Å²) >= 11 is 0. The zero-order valence-corrected chi connectivity index (χ0v) is 18.9. The standard InChI is InChI=1S/C23H20F6N4O3/c1-3-13(2)30-19(34)18-20(35)32(12-14-4-6-15(7-5-14)22(24,25)26)21(36)33(31-18)17-10-8-16(9-11-17)23(27,28)29/h4-11,13H,3,12H2,1-2H3,(H,30,34). The van der Waals surface area contributed by atoms with Crippen molar-refractivity contribution in [2.75, 3.05) is 0 Å². The highest BCUT2D eigenvalue weighted by molar-refractivity contribution is 5.91. The first-order valence-electron chi connectivity index (χ1n) is 10.6. The molecule has 0 saturated carbocycles. The second kappa shape index (κ2) is 9.99. The minimum atomic E-state index is -4.64. The van der Waals surface area contributed by atoms with Crippen molar-refractivity contribution in [1.82, 2.24) is 19.7 Å². The predicted octanol–water partition coefficient (Wildman–Crippen LogP) is 4.01. The smallest absolute Gasteiger partial charge is 0.348 e. The van der Waals surface area contributed by atoms with E-state index in [4.69, 9.17) is 0 Å². The van der Waals surface area contributed by atoms with Crippen molar-refractivity contribution < 1.29 is 31.1 Å². The number of aromatic nitrogens is 3. The molecule has 0 spiro atoms. The topological polar surface area (TPSA) is 86.0 Å².